The van der Waals surface area contributed by atoms with Crippen LogP contribution in [0.2, 0.25) is 0 Å². The van der Waals surface area contributed by atoms with Crippen LogP contribution in [0.4, 0.5) is 6.01 Å². The van der Waals surface area contributed by atoms with Crippen LogP contribution in [0.25, 0.3) is 0 Å². The Morgan fingerprint density at radius 1 is 1.56 bits per heavy atom. The van der Waals surface area contributed by atoms with Gasteiger partial charge in [-0.1, -0.05) is 13.8 Å². The molecule has 0 aromatic carbocycles. The minimum Gasteiger partial charge on any atom is -0.432 e. The Hall–Kier alpha value is -1.03. The van der Waals surface area contributed by atoms with Gasteiger partial charge in [-0.15, -0.1) is 0 Å². The van der Waals surface area contributed by atoms with Crippen LogP contribution in [0.15, 0.2) is 10.7 Å². The molecule has 0 bridgehead atoms. The summed E-state index contributed by atoms with van der Waals surface area (Å²) in [6, 6.07) is 1.86. The van der Waals surface area contributed by atoms with E-state index in [0.29, 0.717) is 12.1 Å². The first-order valence-electron chi connectivity index (χ1n) is 6.07. The lowest BCUT2D eigenvalue weighted by Gasteiger charge is -2.33. The van der Waals surface area contributed by atoms with Crippen molar-refractivity contribution in [2.75, 3.05) is 11.9 Å². The molecule has 1 aromatic heterocycles. The van der Waals surface area contributed by atoms with Gasteiger partial charge in [0.05, 0.1) is 5.69 Å². The van der Waals surface area contributed by atoms with Crippen LogP contribution >= 0.6 is 0 Å². The summed E-state index contributed by atoms with van der Waals surface area (Å²) in [5.41, 5.74) is 0.981. The third-order valence-electron chi connectivity index (χ3n) is 3.16. The first kappa shape index (κ1) is 11.5. The van der Waals surface area contributed by atoms with Gasteiger partial charge in [0.1, 0.15) is 6.26 Å². The van der Waals surface area contributed by atoms with Crippen molar-refractivity contribution in [1.29, 1.82) is 0 Å². The van der Waals surface area contributed by atoms with E-state index in [1.54, 1.807) is 6.26 Å². The second-order valence-electron chi connectivity index (χ2n) is 4.85. The van der Waals surface area contributed by atoms with Gasteiger partial charge in [-0.3, -0.25) is 0 Å². The maximum Gasteiger partial charge on any atom is 0.297 e. The molecular weight excluding hydrogens is 202 g/mol. The summed E-state index contributed by atoms with van der Waals surface area (Å²) in [7, 11) is 2.06. The molecule has 0 saturated heterocycles. The molecule has 90 valence electrons. The van der Waals surface area contributed by atoms with Crippen molar-refractivity contribution in [3.05, 3.63) is 12.0 Å². The Balaban J connectivity index is 1.90. The number of hydrogen-bond acceptors (Lipinski definition) is 4. The lowest BCUT2D eigenvalue weighted by atomic mass is 9.92. The average molecular weight is 223 g/mol. The Labute approximate surface area is 97.0 Å². The fourth-order valence-electron chi connectivity index (χ4n) is 1.78. The summed E-state index contributed by atoms with van der Waals surface area (Å²) in [6.07, 6.45) is 5.61. The van der Waals surface area contributed by atoms with Crippen LogP contribution < -0.4 is 10.2 Å². The van der Waals surface area contributed by atoms with Crippen LogP contribution in [0.5, 0.6) is 0 Å². The van der Waals surface area contributed by atoms with Crippen molar-refractivity contribution < 1.29 is 4.42 Å². The largest absolute Gasteiger partial charge is 0.432 e. The molecule has 1 heterocycles. The Bertz CT molecular complexity index is 331. The smallest absolute Gasteiger partial charge is 0.297 e. The highest BCUT2D eigenvalue weighted by Gasteiger charge is 2.24. The quantitative estimate of drug-likeness (QED) is 0.830. The Morgan fingerprint density at radius 2 is 2.31 bits per heavy atom. The first-order chi connectivity index (χ1) is 7.66. The van der Waals surface area contributed by atoms with Crippen LogP contribution in [0.3, 0.4) is 0 Å². The number of aromatic nitrogens is 1. The molecule has 0 aliphatic heterocycles. The van der Waals surface area contributed by atoms with Gasteiger partial charge in [0.2, 0.25) is 0 Å². The zero-order chi connectivity index (χ0) is 11.5. The molecule has 2 rings (SSSR count). The molecule has 0 radical (unpaired) electrons. The van der Waals surface area contributed by atoms with Crippen molar-refractivity contribution >= 4 is 6.01 Å². The molecule has 0 spiro atoms. The third-order valence-corrected chi connectivity index (χ3v) is 3.16. The van der Waals surface area contributed by atoms with E-state index in [1.807, 2.05) is 0 Å². The van der Waals surface area contributed by atoms with Gasteiger partial charge in [-0.05, 0) is 19.3 Å². The SMILES string of the molecule is CC(C)NCc1coc(N(C)C2CCC2)n1. The summed E-state index contributed by atoms with van der Waals surface area (Å²) < 4.78 is 5.49. The van der Waals surface area contributed by atoms with Gasteiger partial charge < -0.3 is 14.6 Å². The fourth-order valence-corrected chi connectivity index (χ4v) is 1.78. The van der Waals surface area contributed by atoms with Gasteiger partial charge in [0.25, 0.3) is 6.01 Å². The second-order valence-corrected chi connectivity index (χ2v) is 4.85. The molecule has 1 aliphatic carbocycles. The number of hydrogen-bond donors (Lipinski definition) is 1. The van der Waals surface area contributed by atoms with Crippen molar-refractivity contribution in [1.82, 2.24) is 10.3 Å². The highest BCUT2D eigenvalue weighted by molar-refractivity contribution is 5.28. The molecule has 4 heteroatoms. The first-order valence-corrected chi connectivity index (χ1v) is 6.07. The molecular formula is C12H21N3O. The topological polar surface area (TPSA) is 41.3 Å². The Morgan fingerprint density at radius 3 is 2.88 bits per heavy atom. The normalized spacial score (nSPS) is 16.5. The second kappa shape index (κ2) is 4.87. The lowest BCUT2D eigenvalue weighted by Crippen LogP contribution is -2.37. The molecule has 0 atom stereocenters. The van der Waals surface area contributed by atoms with E-state index in [4.69, 9.17) is 4.42 Å². The molecule has 1 aromatic rings. The van der Waals surface area contributed by atoms with E-state index in [9.17, 15) is 0 Å². The number of anilines is 1. The van der Waals surface area contributed by atoms with E-state index >= 15 is 0 Å². The number of nitrogens with zero attached hydrogens (tertiary/aromatic N) is 2. The maximum atomic E-state index is 5.49. The number of rotatable bonds is 5. The van der Waals surface area contributed by atoms with Crippen LogP contribution in [-0.4, -0.2) is 24.1 Å². The highest BCUT2D eigenvalue weighted by atomic mass is 16.4. The molecule has 0 unspecified atom stereocenters. The molecule has 1 fully saturated rings. The van der Waals surface area contributed by atoms with Crippen molar-refractivity contribution in [3.8, 4) is 0 Å². The number of nitrogens with one attached hydrogen (secondary N) is 1. The van der Waals surface area contributed by atoms with Crippen LogP contribution in [-0.2, 0) is 6.54 Å². The summed E-state index contributed by atoms with van der Waals surface area (Å²) in [5, 5.41) is 3.33. The molecule has 1 aliphatic rings. The standard InChI is InChI=1S/C12H21N3O/c1-9(2)13-7-10-8-16-12(14-10)15(3)11-5-4-6-11/h8-9,11,13H,4-7H2,1-3H3. The van der Waals surface area contributed by atoms with E-state index in [-0.39, 0.29) is 0 Å². The molecule has 4 nitrogen and oxygen atoms in total. The average Bonchev–Trinajstić information content (AvgIpc) is 2.60. The highest BCUT2D eigenvalue weighted by Crippen LogP contribution is 2.27. The van der Waals surface area contributed by atoms with Crippen molar-refractivity contribution in [3.63, 3.8) is 0 Å². The molecule has 1 N–H and O–H groups in total. The molecule has 0 amide bonds. The third kappa shape index (κ3) is 2.55. The van der Waals surface area contributed by atoms with Gasteiger partial charge in [0.15, 0.2) is 0 Å². The number of oxazole rings is 1. The zero-order valence-electron chi connectivity index (χ0n) is 10.4. The predicted molar refractivity (Wildman–Crippen MR) is 64.5 cm³/mol. The van der Waals surface area contributed by atoms with Crippen molar-refractivity contribution in [2.24, 2.45) is 0 Å². The van der Waals surface area contributed by atoms with Gasteiger partial charge in [-0.2, -0.15) is 4.98 Å². The predicted octanol–water partition coefficient (Wildman–Crippen LogP) is 2.16. The lowest BCUT2D eigenvalue weighted by molar-refractivity contribution is 0.379. The van der Waals surface area contributed by atoms with Crippen LogP contribution in [0.1, 0.15) is 38.8 Å². The van der Waals surface area contributed by atoms with Crippen molar-refractivity contribution in [2.45, 2.75) is 51.7 Å². The monoisotopic (exact) mass is 223 g/mol. The van der Waals surface area contributed by atoms with Gasteiger partial charge >= 0.3 is 0 Å². The van der Waals surface area contributed by atoms with E-state index in [2.05, 4.69) is 36.1 Å². The zero-order valence-corrected chi connectivity index (χ0v) is 10.4. The van der Waals surface area contributed by atoms with Crippen LogP contribution in [0, 0.1) is 0 Å². The van der Waals surface area contributed by atoms with E-state index in [1.165, 1.54) is 19.3 Å². The molecule has 16 heavy (non-hydrogen) atoms. The summed E-state index contributed by atoms with van der Waals surface area (Å²) in [6.45, 7) is 5.03. The van der Waals surface area contributed by atoms with E-state index in [0.717, 1.165) is 18.3 Å². The molecule has 1 saturated carbocycles. The van der Waals surface area contributed by atoms with Gasteiger partial charge in [-0.25, -0.2) is 0 Å². The fraction of sp³-hybridized carbons (Fsp3) is 0.750. The van der Waals surface area contributed by atoms with E-state index < -0.39 is 0 Å². The Kier molecular flexibility index (Phi) is 3.49. The summed E-state index contributed by atoms with van der Waals surface area (Å²) >= 11 is 0. The summed E-state index contributed by atoms with van der Waals surface area (Å²) in [4.78, 5) is 6.64. The maximum absolute atomic E-state index is 5.49. The minimum atomic E-state index is 0.476. The minimum absolute atomic E-state index is 0.476. The summed E-state index contributed by atoms with van der Waals surface area (Å²) in [5.74, 6) is 0. The van der Waals surface area contributed by atoms with Gasteiger partial charge in [0, 0.05) is 25.7 Å².